The van der Waals surface area contributed by atoms with Gasteiger partial charge >= 0.3 is 0 Å². The zero-order valence-electron chi connectivity index (χ0n) is 13.7. The quantitative estimate of drug-likeness (QED) is 0.634. The molecular formula is C16H31NOSi. The molecule has 0 radical (unpaired) electrons. The van der Waals surface area contributed by atoms with E-state index >= 15 is 0 Å². The second kappa shape index (κ2) is 5.99. The smallest absolute Gasteiger partial charge is 0.146 e. The minimum atomic E-state index is -1.70. The lowest BCUT2D eigenvalue weighted by Gasteiger charge is -2.38. The molecule has 1 unspecified atom stereocenters. The maximum absolute atomic E-state index is 10.6. The van der Waals surface area contributed by atoms with Crippen LogP contribution in [0.15, 0.2) is 0 Å². The molecule has 0 bridgehead atoms. The Kier molecular flexibility index (Phi) is 5.28. The average Bonchev–Trinajstić information content (AvgIpc) is 2.58. The van der Waals surface area contributed by atoms with Crippen molar-refractivity contribution in [2.45, 2.75) is 70.2 Å². The molecule has 0 aromatic carbocycles. The van der Waals surface area contributed by atoms with Crippen LogP contribution in [0, 0.1) is 11.5 Å². The summed E-state index contributed by atoms with van der Waals surface area (Å²) in [5.41, 5.74) is 4.76. The van der Waals surface area contributed by atoms with Gasteiger partial charge in [-0.15, -0.1) is 5.54 Å². The van der Waals surface area contributed by atoms with Crippen LogP contribution in [0.4, 0.5) is 0 Å². The molecule has 1 atom stereocenters. The summed E-state index contributed by atoms with van der Waals surface area (Å²) >= 11 is 0. The Morgan fingerprint density at radius 3 is 1.84 bits per heavy atom. The number of β-amino-alcohol motifs (C(OH)–C–C–N with tert-alkyl or cyclic N) is 1. The van der Waals surface area contributed by atoms with E-state index in [4.69, 9.17) is 0 Å². The molecule has 0 amide bonds. The number of hydrogen-bond acceptors (Lipinski definition) is 2. The highest BCUT2D eigenvalue weighted by Gasteiger charge is 2.42. The maximum Gasteiger partial charge on any atom is 0.146 e. The van der Waals surface area contributed by atoms with Gasteiger partial charge in [0, 0.05) is 19.5 Å². The van der Waals surface area contributed by atoms with Crippen molar-refractivity contribution in [3.63, 3.8) is 0 Å². The van der Waals surface area contributed by atoms with Gasteiger partial charge in [-0.3, -0.25) is 0 Å². The summed E-state index contributed by atoms with van der Waals surface area (Å²) in [5.74, 6) is 3.30. The van der Waals surface area contributed by atoms with E-state index in [0.29, 0.717) is 23.2 Å². The SMILES string of the molecule is CC(C)[Si](C#CC1(O)CCN(C)C1)(C(C)C)C(C)C. The lowest BCUT2D eigenvalue weighted by molar-refractivity contribution is 0.112. The first-order valence-electron chi connectivity index (χ1n) is 7.59. The van der Waals surface area contributed by atoms with Gasteiger partial charge in [-0.05, 0) is 23.7 Å². The molecule has 0 aliphatic carbocycles. The summed E-state index contributed by atoms with van der Waals surface area (Å²) in [7, 11) is 0.349. The number of rotatable bonds is 3. The second-order valence-corrected chi connectivity index (χ2v) is 12.7. The number of likely N-dealkylation sites (N-methyl/N-ethyl adjacent to an activating group) is 1. The third-order valence-corrected chi connectivity index (χ3v) is 11.1. The Bertz CT molecular complexity index is 345. The first kappa shape index (κ1) is 16.8. The Balaban J connectivity index is 3.09. The Morgan fingerprint density at radius 1 is 1.05 bits per heavy atom. The van der Waals surface area contributed by atoms with Crippen molar-refractivity contribution in [2.24, 2.45) is 0 Å². The fourth-order valence-electron chi connectivity index (χ4n) is 3.74. The molecular weight excluding hydrogens is 250 g/mol. The largest absolute Gasteiger partial charge is 0.376 e. The van der Waals surface area contributed by atoms with Gasteiger partial charge in [0.25, 0.3) is 0 Å². The van der Waals surface area contributed by atoms with E-state index < -0.39 is 13.7 Å². The summed E-state index contributed by atoms with van der Waals surface area (Å²) in [6.45, 7) is 15.5. The molecule has 0 aromatic heterocycles. The van der Waals surface area contributed by atoms with Crippen LogP contribution in [0.5, 0.6) is 0 Å². The van der Waals surface area contributed by atoms with E-state index in [9.17, 15) is 5.11 Å². The predicted octanol–water partition coefficient (Wildman–Crippen LogP) is 3.27. The molecule has 0 aromatic rings. The number of likely N-dealkylation sites (tertiary alicyclic amines) is 1. The van der Waals surface area contributed by atoms with Gasteiger partial charge < -0.3 is 10.0 Å². The first-order chi connectivity index (χ1) is 8.64. The minimum absolute atomic E-state index is 0.628. The molecule has 0 saturated carbocycles. The molecule has 1 fully saturated rings. The van der Waals surface area contributed by atoms with Gasteiger partial charge in [0.15, 0.2) is 0 Å². The number of aliphatic hydroxyl groups is 1. The van der Waals surface area contributed by atoms with Crippen LogP contribution in [0.1, 0.15) is 48.0 Å². The topological polar surface area (TPSA) is 23.5 Å². The van der Waals surface area contributed by atoms with Crippen LogP contribution in [0.3, 0.4) is 0 Å². The van der Waals surface area contributed by atoms with Crippen molar-refractivity contribution < 1.29 is 5.11 Å². The van der Waals surface area contributed by atoms with Gasteiger partial charge in [-0.25, -0.2) is 0 Å². The molecule has 1 rings (SSSR count). The lowest BCUT2D eigenvalue weighted by atomic mass is 10.1. The highest BCUT2D eigenvalue weighted by Crippen LogP contribution is 2.41. The van der Waals surface area contributed by atoms with Crippen LogP contribution < -0.4 is 0 Å². The third kappa shape index (κ3) is 3.42. The molecule has 1 N–H and O–H groups in total. The van der Waals surface area contributed by atoms with Gasteiger partial charge in [0.2, 0.25) is 0 Å². The lowest BCUT2D eigenvalue weighted by Crippen LogP contribution is -2.44. The molecule has 19 heavy (non-hydrogen) atoms. The summed E-state index contributed by atoms with van der Waals surface area (Å²) in [5, 5.41) is 10.6. The van der Waals surface area contributed by atoms with E-state index in [1.807, 2.05) is 0 Å². The fourth-order valence-corrected chi connectivity index (χ4v) is 9.06. The van der Waals surface area contributed by atoms with Crippen molar-refractivity contribution in [3.05, 3.63) is 0 Å². The average molecular weight is 282 g/mol. The Hall–Kier alpha value is -0.303. The van der Waals surface area contributed by atoms with Crippen LogP contribution in [0.25, 0.3) is 0 Å². The molecule has 2 nitrogen and oxygen atoms in total. The van der Waals surface area contributed by atoms with E-state index in [2.05, 4.69) is 65.0 Å². The van der Waals surface area contributed by atoms with E-state index in [-0.39, 0.29) is 0 Å². The minimum Gasteiger partial charge on any atom is -0.376 e. The third-order valence-electron chi connectivity index (χ3n) is 4.82. The zero-order chi connectivity index (χ0) is 14.8. The fraction of sp³-hybridized carbons (Fsp3) is 0.875. The van der Waals surface area contributed by atoms with Crippen molar-refractivity contribution in [1.29, 1.82) is 0 Å². The molecule has 3 heteroatoms. The van der Waals surface area contributed by atoms with Gasteiger partial charge in [-0.1, -0.05) is 47.5 Å². The van der Waals surface area contributed by atoms with Crippen LogP contribution in [0.2, 0.25) is 16.6 Å². The van der Waals surface area contributed by atoms with Crippen molar-refractivity contribution in [1.82, 2.24) is 4.90 Å². The standard InChI is InChI=1S/C16H31NOSi/c1-13(2)19(14(3)4,15(5)6)11-9-16(18)8-10-17(7)12-16/h13-15,18H,8,10,12H2,1-7H3. The molecule has 1 aliphatic heterocycles. The van der Waals surface area contributed by atoms with Gasteiger partial charge in [-0.2, -0.15) is 0 Å². The Morgan fingerprint density at radius 2 is 1.53 bits per heavy atom. The molecule has 1 heterocycles. The normalized spacial score (nSPS) is 25.2. The predicted molar refractivity (Wildman–Crippen MR) is 85.9 cm³/mol. The summed E-state index contributed by atoms with van der Waals surface area (Å²) in [4.78, 5) is 2.16. The first-order valence-corrected chi connectivity index (χ1v) is 9.82. The molecule has 1 saturated heterocycles. The van der Waals surface area contributed by atoms with Crippen LogP contribution in [-0.2, 0) is 0 Å². The van der Waals surface area contributed by atoms with Gasteiger partial charge in [0.05, 0.1) is 0 Å². The number of hydrogen-bond donors (Lipinski definition) is 1. The molecule has 1 aliphatic rings. The van der Waals surface area contributed by atoms with E-state index in [1.165, 1.54) is 0 Å². The highest BCUT2D eigenvalue weighted by atomic mass is 28.3. The van der Waals surface area contributed by atoms with Crippen molar-refractivity contribution in [3.8, 4) is 11.5 Å². The second-order valence-electron chi connectivity index (χ2n) is 7.17. The van der Waals surface area contributed by atoms with Crippen molar-refractivity contribution in [2.75, 3.05) is 20.1 Å². The number of nitrogens with zero attached hydrogens (tertiary/aromatic N) is 1. The summed E-state index contributed by atoms with van der Waals surface area (Å²) in [6, 6.07) is 0. The van der Waals surface area contributed by atoms with E-state index in [1.54, 1.807) is 0 Å². The van der Waals surface area contributed by atoms with Crippen LogP contribution in [-0.4, -0.2) is 43.8 Å². The highest BCUT2D eigenvalue weighted by molar-refractivity contribution is 6.90. The molecule has 110 valence electrons. The van der Waals surface area contributed by atoms with Crippen LogP contribution >= 0.6 is 0 Å². The van der Waals surface area contributed by atoms with E-state index in [0.717, 1.165) is 13.0 Å². The summed E-state index contributed by atoms with van der Waals surface area (Å²) in [6.07, 6.45) is 0.787. The zero-order valence-corrected chi connectivity index (χ0v) is 14.7. The van der Waals surface area contributed by atoms with Crippen molar-refractivity contribution >= 4 is 8.07 Å². The maximum atomic E-state index is 10.6. The monoisotopic (exact) mass is 281 g/mol. The molecule has 0 spiro atoms. The van der Waals surface area contributed by atoms with Gasteiger partial charge in [0.1, 0.15) is 13.7 Å². The summed E-state index contributed by atoms with van der Waals surface area (Å²) < 4.78 is 0. The Labute approximate surface area is 120 Å².